The zero-order valence-corrected chi connectivity index (χ0v) is 18.2. The fraction of sp³-hybridized carbons (Fsp3) is 0.273. The molecule has 0 saturated carbocycles. The van der Waals surface area contributed by atoms with Gasteiger partial charge in [0, 0.05) is 38.9 Å². The number of amides is 1. The predicted octanol–water partition coefficient (Wildman–Crippen LogP) is 4.32. The Balaban J connectivity index is 1.27. The van der Waals surface area contributed by atoms with Crippen molar-refractivity contribution in [2.45, 2.75) is 13.3 Å². The molecule has 9 heteroatoms. The number of hydrogen-bond donors (Lipinski definition) is 0. The van der Waals surface area contributed by atoms with Crippen LogP contribution < -0.4 is 4.74 Å². The normalized spacial score (nSPS) is 14.6. The molecule has 3 aromatic rings. The molecule has 1 fully saturated rings. The molecule has 0 radical (unpaired) electrons. The molecule has 4 rings (SSSR count). The van der Waals surface area contributed by atoms with E-state index in [1.54, 1.807) is 35.4 Å². The fourth-order valence-corrected chi connectivity index (χ4v) is 3.71. The Morgan fingerprint density at radius 2 is 1.74 bits per heavy atom. The molecule has 0 aliphatic carbocycles. The summed E-state index contributed by atoms with van der Waals surface area (Å²) in [6.45, 7) is 3.67. The van der Waals surface area contributed by atoms with Gasteiger partial charge in [-0.2, -0.15) is 5.10 Å². The highest BCUT2D eigenvalue weighted by Gasteiger charge is 2.23. The second-order valence-corrected chi connectivity index (χ2v) is 8.10. The van der Waals surface area contributed by atoms with Crippen LogP contribution in [0.15, 0.2) is 54.7 Å². The van der Waals surface area contributed by atoms with Crippen LogP contribution in [0.5, 0.6) is 5.75 Å². The third kappa shape index (κ3) is 5.55. The van der Waals surface area contributed by atoms with Crippen molar-refractivity contribution >= 4 is 29.1 Å². The SMILES string of the molecule is O=C(c1ccn(COc2ccc(F)cc2)n1)N1CCN(Cc2ccc(Cl)c(Cl)c2)CC1. The van der Waals surface area contributed by atoms with E-state index in [4.69, 9.17) is 27.9 Å². The minimum Gasteiger partial charge on any atom is -0.471 e. The summed E-state index contributed by atoms with van der Waals surface area (Å²) in [6, 6.07) is 13.1. The number of carbonyl (C=O) groups excluding carboxylic acids is 1. The summed E-state index contributed by atoms with van der Waals surface area (Å²) in [6.07, 6.45) is 1.69. The van der Waals surface area contributed by atoms with Crippen molar-refractivity contribution in [2.24, 2.45) is 0 Å². The summed E-state index contributed by atoms with van der Waals surface area (Å²) in [5, 5.41) is 5.40. The van der Waals surface area contributed by atoms with Crippen LogP contribution in [-0.4, -0.2) is 51.7 Å². The van der Waals surface area contributed by atoms with Crippen molar-refractivity contribution in [3.63, 3.8) is 0 Å². The molecule has 2 aromatic carbocycles. The molecule has 1 aromatic heterocycles. The van der Waals surface area contributed by atoms with Gasteiger partial charge in [0.25, 0.3) is 5.91 Å². The van der Waals surface area contributed by atoms with Crippen molar-refractivity contribution in [1.82, 2.24) is 19.6 Å². The van der Waals surface area contributed by atoms with Crippen molar-refractivity contribution in [2.75, 3.05) is 26.2 Å². The maximum Gasteiger partial charge on any atom is 0.274 e. The van der Waals surface area contributed by atoms with E-state index in [-0.39, 0.29) is 18.5 Å². The molecule has 0 spiro atoms. The van der Waals surface area contributed by atoms with Crippen molar-refractivity contribution in [3.8, 4) is 5.75 Å². The number of carbonyl (C=O) groups is 1. The van der Waals surface area contributed by atoms with Crippen LogP contribution in [0.2, 0.25) is 10.0 Å². The number of ether oxygens (including phenoxy) is 1. The van der Waals surface area contributed by atoms with Gasteiger partial charge in [-0.3, -0.25) is 9.69 Å². The molecule has 1 aliphatic heterocycles. The molecule has 1 aliphatic rings. The molecule has 0 unspecified atom stereocenters. The van der Waals surface area contributed by atoms with E-state index in [1.165, 1.54) is 16.8 Å². The number of nitrogens with zero attached hydrogens (tertiary/aromatic N) is 4. The van der Waals surface area contributed by atoms with Gasteiger partial charge in [0.05, 0.1) is 10.0 Å². The van der Waals surface area contributed by atoms with E-state index in [9.17, 15) is 9.18 Å². The average molecular weight is 463 g/mol. The van der Waals surface area contributed by atoms with Gasteiger partial charge in [0.1, 0.15) is 11.6 Å². The highest BCUT2D eigenvalue weighted by atomic mass is 35.5. The van der Waals surface area contributed by atoms with E-state index >= 15 is 0 Å². The summed E-state index contributed by atoms with van der Waals surface area (Å²) in [5.41, 5.74) is 1.47. The lowest BCUT2D eigenvalue weighted by Gasteiger charge is -2.34. The first-order chi connectivity index (χ1) is 15.0. The van der Waals surface area contributed by atoms with Crippen LogP contribution in [0, 0.1) is 5.82 Å². The molecule has 0 N–H and O–H groups in total. The van der Waals surface area contributed by atoms with Gasteiger partial charge in [-0.1, -0.05) is 29.3 Å². The van der Waals surface area contributed by atoms with E-state index < -0.39 is 0 Å². The lowest BCUT2D eigenvalue weighted by Crippen LogP contribution is -2.48. The third-order valence-electron chi connectivity index (χ3n) is 5.09. The molecular weight excluding hydrogens is 442 g/mol. The predicted molar refractivity (Wildman–Crippen MR) is 117 cm³/mol. The fourth-order valence-electron chi connectivity index (χ4n) is 3.39. The number of rotatable bonds is 6. The minimum absolute atomic E-state index is 0.102. The maximum atomic E-state index is 13.0. The van der Waals surface area contributed by atoms with Gasteiger partial charge in [0.15, 0.2) is 12.4 Å². The van der Waals surface area contributed by atoms with Gasteiger partial charge in [-0.05, 0) is 48.0 Å². The van der Waals surface area contributed by atoms with Crippen LogP contribution in [0.4, 0.5) is 4.39 Å². The largest absolute Gasteiger partial charge is 0.471 e. The number of benzene rings is 2. The van der Waals surface area contributed by atoms with Crippen LogP contribution in [-0.2, 0) is 13.3 Å². The number of aromatic nitrogens is 2. The van der Waals surface area contributed by atoms with Gasteiger partial charge < -0.3 is 9.64 Å². The molecule has 2 heterocycles. The van der Waals surface area contributed by atoms with Crippen molar-refractivity contribution < 1.29 is 13.9 Å². The van der Waals surface area contributed by atoms with E-state index in [1.807, 2.05) is 12.1 Å². The van der Waals surface area contributed by atoms with Crippen LogP contribution >= 0.6 is 23.2 Å². The first kappa shape index (κ1) is 21.6. The van der Waals surface area contributed by atoms with Crippen LogP contribution in [0.1, 0.15) is 16.1 Å². The molecule has 162 valence electrons. The first-order valence-corrected chi connectivity index (χ1v) is 10.6. The summed E-state index contributed by atoms with van der Waals surface area (Å²) in [7, 11) is 0. The summed E-state index contributed by atoms with van der Waals surface area (Å²) in [5.74, 6) is 0.106. The summed E-state index contributed by atoms with van der Waals surface area (Å²) < 4.78 is 20.0. The molecule has 1 saturated heterocycles. The Kier molecular flexibility index (Phi) is 6.75. The first-order valence-electron chi connectivity index (χ1n) is 9.85. The van der Waals surface area contributed by atoms with Crippen LogP contribution in [0.3, 0.4) is 0 Å². The number of halogens is 3. The van der Waals surface area contributed by atoms with E-state index in [2.05, 4.69) is 10.00 Å². The Hall–Kier alpha value is -2.61. The minimum atomic E-state index is -0.323. The van der Waals surface area contributed by atoms with Crippen molar-refractivity contribution in [3.05, 3.63) is 81.8 Å². The van der Waals surface area contributed by atoms with Gasteiger partial charge in [0.2, 0.25) is 0 Å². The standard InChI is InChI=1S/C22H21Cl2FN4O2/c23-19-6-1-16(13-20(19)24)14-27-9-11-28(12-10-27)22(30)21-7-8-29(26-21)15-31-18-4-2-17(25)3-5-18/h1-8,13H,9-12,14-15H2. The molecule has 1 amide bonds. The summed E-state index contributed by atoms with van der Waals surface area (Å²) in [4.78, 5) is 16.9. The van der Waals surface area contributed by atoms with Crippen molar-refractivity contribution in [1.29, 1.82) is 0 Å². The Labute approximate surface area is 189 Å². The molecule has 6 nitrogen and oxygen atoms in total. The lowest BCUT2D eigenvalue weighted by molar-refractivity contribution is 0.0621. The Morgan fingerprint density at radius 1 is 1.00 bits per heavy atom. The molecule has 0 bridgehead atoms. The summed E-state index contributed by atoms with van der Waals surface area (Å²) >= 11 is 12.1. The quantitative estimate of drug-likeness (QED) is 0.547. The second kappa shape index (κ2) is 9.68. The van der Waals surface area contributed by atoms with E-state index in [0.29, 0.717) is 34.6 Å². The highest BCUT2D eigenvalue weighted by molar-refractivity contribution is 6.42. The monoisotopic (exact) mass is 462 g/mol. The Bertz CT molecular complexity index is 1050. The smallest absolute Gasteiger partial charge is 0.274 e. The molecule has 0 atom stereocenters. The van der Waals surface area contributed by atoms with E-state index in [0.717, 1.165) is 25.2 Å². The Morgan fingerprint density at radius 3 is 2.45 bits per heavy atom. The average Bonchev–Trinajstić information content (AvgIpc) is 3.25. The number of hydrogen-bond acceptors (Lipinski definition) is 4. The van der Waals surface area contributed by atoms with Gasteiger partial charge in [-0.15, -0.1) is 0 Å². The molecular formula is C22H21Cl2FN4O2. The highest BCUT2D eigenvalue weighted by Crippen LogP contribution is 2.23. The second-order valence-electron chi connectivity index (χ2n) is 7.28. The number of piperazine rings is 1. The topological polar surface area (TPSA) is 50.6 Å². The molecule has 31 heavy (non-hydrogen) atoms. The third-order valence-corrected chi connectivity index (χ3v) is 5.83. The van der Waals surface area contributed by atoms with Gasteiger partial charge in [-0.25, -0.2) is 9.07 Å². The van der Waals surface area contributed by atoms with Gasteiger partial charge >= 0.3 is 0 Å². The lowest BCUT2D eigenvalue weighted by atomic mass is 10.2. The maximum absolute atomic E-state index is 13.0. The zero-order chi connectivity index (χ0) is 21.8. The van der Waals surface area contributed by atoms with Crippen LogP contribution in [0.25, 0.3) is 0 Å². The zero-order valence-electron chi connectivity index (χ0n) is 16.7.